The summed E-state index contributed by atoms with van der Waals surface area (Å²) in [5.41, 5.74) is 1.02. The van der Waals surface area contributed by atoms with Crippen LogP contribution in [0.3, 0.4) is 0 Å². The smallest absolute Gasteiger partial charge is 0.313 e. The molecule has 1 aromatic rings. The summed E-state index contributed by atoms with van der Waals surface area (Å²) in [4.78, 5) is 27.8. The van der Waals surface area contributed by atoms with Gasteiger partial charge in [-0.05, 0) is 24.6 Å². The molecule has 98 valence electrons. The summed E-state index contributed by atoms with van der Waals surface area (Å²) in [6.45, 7) is 3.04. The fourth-order valence-electron chi connectivity index (χ4n) is 1.40. The predicted molar refractivity (Wildman–Crippen MR) is 70.3 cm³/mol. The van der Waals surface area contributed by atoms with Crippen molar-refractivity contribution in [3.05, 3.63) is 30.1 Å². The van der Waals surface area contributed by atoms with E-state index in [0.29, 0.717) is 13.1 Å². The number of thioether (sulfide) groups is 1. The minimum atomic E-state index is -0.898. The van der Waals surface area contributed by atoms with Gasteiger partial charge in [-0.1, -0.05) is 0 Å². The highest BCUT2D eigenvalue weighted by atomic mass is 32.2. The zero-order chi connectivity index (χ0) is 13.4. The second kappa shape index (κ2) is 7.71. The highest BCUT2D eigenvalue weighted by Crippen LogP contribution is 2.07. The number of aromatic nitrogens is 1. The number of rotatable bonds is 7. The lowest BCUT2D eigenvalue weighted by Crippen LogP contribution is -2.32. The van der Waals surface area contributed by atoms with Crippen molar-refractivity contribution in [3.63, 3.8) is 0 Å². The molecule has 1 rings (SSSR count). The third-order valence-corrected chi connectivity index (χ3v) is 3.21. The summed E-state index contributed by atoms with van der Waals surface area (Å²) < 4.78 is 0. The Hall–Kier alpha value is -1.56. The number of nitrogens with zero attached hydrogens (tertiary/aromatic N) is 2. The quantitative estimate of drug-likeness (QED) is 0.806. The van der Waals surface area contributed by atoms with E-state index in [1.165, 1.54) is 0 Å². The van der Waals surface area contributed by atoms with Crippen molar-refractivity contribution < 1.29 is 14.7 Å². The van der Waals surface area contributed by atoms with Crippen LogP contribution in [0.1, 0.15) is 12.5 Å². The molecule has 0 saturated carbocycles. The van der Waals surface area contributed by atoms with Gasteiger partial charge in [0.1, 0.15) is 0 Å². The molecule has 0 aromatic carbocycles. The van der Waals surface area contributed by atoms with E-state index in [1.54, 1.807) is 17.3 Å². The fraction of sp³-hybridized carbons (Fsp3) is 0.417. The number of carbonyl (C=O) groups excluding carboxylic acids is 1. The van der Waals surface area contributed by atoms with E-state index in [-0.39, 0.29) is 17.4 Å². The topological polar surface area (TPSA) is 70.5 Å². The first-order valence-corrected chi connectivity index (χ1v) is 6.75. The van der Waals surface area contributed by atoms with E-state index in [4.69, 9.17) is 5.11 Å². The molecule has 0 saturated heterocycles. The van der Waals surface area contributed by atoms with Crippen LogP contribution in [-0.2, 0) is 16.1 Å². The van der Waals surface area contributed by atoms with Crippen molar-refractivity contribution in [1.82, 2.24) is 9.88 Å². The summed E-state index contributed by atoms with van der Waals surface area (Å²) in [6.07, 6.45) is 3.37. The highest BCUT2D eigenvalue weighted by Gasteiger charge is 2.12. The molecule has 0 bridgehead atoms. The van der Waals surface area contributed by atoms with Crippen molar-refractivity contribution in [2.24, 2.45) is 0 Å². The average molecular weight is 268 g/mol. The Balaban J connectivity index is 2.45. The molecule has 0 radical (unpaired) electrons. The molecule has 0 atom stereocenters. The van der Waals surface area contributed by atoms with E-state index in [9.17, 15) is 9.59 Å². The summed E-state index contributed by atoms with van der Waals surface area (Å²) in [5.74, 6) is -0.783. The van der Waals surface area contributed by atoms with Gasteiger partial charge in [0.25, 0.3) is 0 Å². The van der Waals surface area contributed by atoms with Crippen LogP contribution in [0.2, 0.25) is 0 Å². The Morgan fingerprint density at radius 1 is 1.33 bits per heavy atom. The molecule has 5 nitrogen and oxygen atoms in total. The number of carboxylic acids is 1. The molecule has 0 fully saturated rings. The van der Waals surface area contributed by atoms with Crippen LogP contribution in [0.5, 0.6) is 0 Å². The predicted octanol–water partition coefficient (Wildman–Crippen LogP) is 1.25. The Morgan fingerprint density at radius 3 is 2.56 bits per heavy atom. The van der Waals surface area contributed by atoms with Crippen molar-refractivity contribution in [1.29, 1.82) is 0 Å². The van der Waals surface area contributed by atoms with E-state index >= 15 is 0 Å². The second-order valence-electron chi connectivity index (χ2n) is 3.65. The molecule has 1 aromatic heterocycles. The Morgan fingerprint density at radius 2 is 2.00 bits per heavy atom. The lowest BCUT2D eigenvalue weighted by molar-refractivity contribution is -0.133. The summed E-state index contributed by atoms with van der Waals surface area (Å²) in [7, 11) is 0. The van der Waals surface area contributed by atoms with Crippen LogP contribution in [-0.4, -0.2) is 44.9 Å². The first-order valence-electron chi connectivity index (χ1n) is 5.59. The SMILES string of the molecule is CCN(Cc1ccncc1)C(=O)CSCC(=O)O. The number of amides is 1. The van der Waals surface area contributed by atoms with Gasteiger partial charge >= 0.3 is 5.97 Å². The van der Waals surface area contributed by atoms with E-state index in [2.05, 4.69) is 4.98 Å². The first-order chi connectivity index (χ1) is 8.63. The largest absolute Gasteiger partial charge is 0.481 e. The normalized spacial score (nSPS) is 10.1. The monoisotopic (exact) mass is 268 g/mol. The highest BCUT2D eigenvalue weighted by molar-refractivity contribution is 8.00. The zero-order valence-corrected chi connectivity index (χ0v) is 11.0. The lowest BCUT2D eigenvalue weighted by atomic mass is 10.2. The van der Waals surface area contributed by atoms with Gasteiger partial charge in [0.15, 0.2) is 0 Å². The summed E-state index contributed by atoms with van der Waals surface area (Å²) in [5, 5.41) is 8.50. The maximum Gasteiger partial charge on any atom is 0.313 e. The number of hydrogen-bond donors (Lipinski definition) is 1. The standard InChI is InChI=1S/C12H16N2O3S/c1-2-14(7-10-3-5-13-6-4-10)11(15)8-18-9-12(16)17/h3-6H,2,7-9H2,1H3,(H,16,17). The first kappa shape index (κ1) is 14.5. The molecule has 0 spiro atoms. The molecule has 1 amide bonds. The minimum Gasteiger partial charge on any atom is -0.481 e. The maximum atomic E-state index is 11.9. The number of aliphatic carboxylic acids is 1. The van der Waals surface area contributed by atoms with Crippen molar-refractivity contribution in [3.8, 4) is 0 Å². The molecule has 0 aliphatic rings. The van der Waals surface area contributed by atoms with E-state index in [1.807, 2.05) is 19.1 Å². The Bertz CT molecular complexity index is 398. The van der Waals surface area contributed by atoms with Crippen molar-refractivity contribution in [2.75, 3.05) is 18.1 Å². The minimum absolute atomic E-state index is 0.0411. The molecule has 1 N–H and O–H groups in total. The fourth-order valence-corrected chi connectivity index (χ4v) is 2.04. The van der Waals surface area contributed by atoms with Gasteiger partial charge in [0.2, 0.25) is 5.91 Å². The molecule has 0 aliphatic carbocycles. The number of pyridine rings is 1. The van der Waals surface area contributed by atoms with Crippen LogP contribution >= 0.6 is 11.8 Å². The van der Waals surface area contributed by atoms with Gasteiger partial charge in [-0.2, -0.15) is 0 Å². The Kier molecular flexibility index (Phi) is 6.21. The van der Waals surface area contributed by atoms with Crippen LogP contribution in [0.15, 0.2) is 24.5 Å². The molecule has 6 heteroatoms. The molecular weight excluding hydrogens is 252 g/mol. The number of hydrogen-bond acceptors (Lipinski definition) is 4. The van der Waals surface area contributed by atoms with E-state index < -0.39 is 5.97 Å². The van der Waals surface area contributed by atoms with Crippen LogP contribution in [0.4, 0.5) is 0 Å². The Labute approximate surface area is 110 Å². The number of carbonyl (C=O) groups is 2. The second-order valence-corrected chi connectivity index (χ2v) is 4.64. The molecule has 18 heavy (non-hydrogen) atoms. The molecule has 0 aliphatic heterocycles. The molecule has 1 heterocycles. The maximum absolute atomic E-state index is 11.9. The van der Waals surface area contributed by atoms with Crippen LogP contribution < -0.4 is 0 Å². The van der Waals surface area contributed by atoms with Gasteiger partial charge in [0, 0.05) is 25.5 Å². The number of carboxylic acid groups (broad SMARTS) is 1. The van der Waals surface area contributed by atoms with Gasteiger partial charge in [0.05, 0.1) is 11.5 Å². The average Bonchev–Trinajstić information content (AvgIpc) is 2.36. The van der Waals surface area contributed by atoms with Gasteiger partial charge in [-0.3, -0.25) is 14.6 Å². The van der Waals surface area contributed by atoms with Crippen molar-refractivity contribution >= 4 is 23.6 Å². The van der Waals surface area contributed by atoms with Crippen LogP contribution in [0, 0.1) is 0 Å². The van der Waals surface area contributed by atoms with Crippen molar-refractivity contribution in [2.45, 2.75) is 13.5 Å². The van der Waals surface area contributed by atoms with Gasteiger partial charge < -0.3 is 10.0 Å². The lowest BCUT2D eigenvalue weighted by Gasteiger charge is -2.20. The third-order valence-electron chi connectivity index (χ3n) is 2.31. The van der Waals surface area contributed by atoms with E-state index in [0.717, 1.165) is 17.3 Å². The molecule has 0 unspecified atom stereocenters. The summed E-state index contributed by atoms with van der Waals surface area (Å²) >= 11 is 1.12. The van der Waals surface area contributed by atoms with Gasteiger partial charge in [-0.25, -0.2) is 0 Å². The summed E-state index contributed by atoms with van der Waals surface area (Å²) in [6, 6.07) is 3.72. The van der Waals surface area contributed by atoms with Gasteiger partial charge in [-0.15, -0.1) is 11.8 Å². The third kappa shape index (κ3) is 5.18. The van der Waals surface area contributed by atoms with Crippen LogP contribution in [0.25, 0.3) is 0 Å². The zero-order valence-electron chi connectivity index (χ0n) is 10.2. The molecular formula is C12H16N2O3S.